The number of nitrogens with one attached hydrogen (secondary N) is 1. The highest BCUT2D eigenvalue weighted by Crippen LogP contribution is 2.34. The molecule has 3 aromatic rings. The summed E-state index contributed by atoms with van der Waals surface area (Å²) in [6, 6.07) is 11.2. The van der Waals surface area contributed by atoms with Crippen molar-refractivity contribution in [1.29, 1.82) is 5.26 Å². The van der Waals surface area contributed by atoms with Gasteiger partial charge in [0.2, 0.25) is 0 Å². The van der Waals surface area contributed by atoms with E-state index in [2.05, 4.69) is 31.1 Å². The molecule has 144 valence electrons. The van der Waals surface area contributed by atoms with Crippen LogP contribution < -0.4 is 5.32 Å². The van der Waals surface area contributed by atoms with E-state index in [0.717, 1.165) is 11.1 Å². The van der Waals surface area contributed by atoms with Gasteiger partial charge in [-0.15, -0.1) is 0 Å². The zero-order chi connectivity index (χ0) is 20.5. The van der Waals surface area contributed by atoms with Gasteiger partial charge in [-0.25, -0.2) is 4.98 Å². The van der Waals surface area contributed by atoms with Gasteiger partial charge in [0.1, 0.15) is 11.8 Å². The van der Waals surface area contributed by atoms with Crippen molar-refractivity contribution in [2.45, 2.75) is 32.6 Å². The second-order valence-corrected chi connectivity index (χ2v) is 8.63. The van der Waals surface area contributed by atoms with Crippen molar-refractivity contribution in [2.24, 2.45) is 0 Å². The molecule has 1 heterocycles. The largest absolute Gasteiger partial charge is 0.428 e. The first kappa shape index (κ1) is 20.5. The van der Waals surface area contributed by atoms with E-state index < -0.39 is 0 Å². The van der Waals surface area contributed by atoms with Crippen LogP contribution in [0, 0.1) is 11.3 Å². The first-order valence-corrected chi connectivity index (χ1v) is 9.70. The van der Waals surface area contributed by atoms with Crippen LogP contribution in [0.4, 0.5) is 11.7 Å². The number of hydrogen-bond acceptors (Lipinski definition) is 4. The Labute approximate surface area is 179 Å². The predicted molar refractivity (Wildman–Crippen MR) is 114 cm³/mol. The molecule has 0 amide bonds. The maximum absolute atomic E-state index is 8.94. The second-order valence-electron chi connectivity index (χ2n) is 7.41. The Morgan fingerprint density at radius 3 is 2.32 bits per heavy atom. The van der Waals surface area contributed by atoms with E-state index in [1.54, 1.807) is 24.4 Å². The summed E-state index contributed by atoms with van der Waals surface area (Å²) < 4.78 is 5.75. The fraction of sp³-hybridized carbons (Fsp3) is 0.238. The summed E-state index contributed by atoms with van der Waals surface area (Å²) in [4.78, 5) is 4.22. The molecule has 0 aliphatic heterocycles. The quantitative estimate of drug-likeness (QED) is 0.474. The molecule has 1 N–H and O–H groups in total. The molecule has 0 fully saturated rings. The molecule has 7 heteroatoms. The molecular formula is C21H18Cl3N3O. The summed E-state index contributed by atoms with van der Waals surface area (Å²) in [5, 5.41) is 13.5. The van der Waals surface area contributed by atoms with Crippen LogP contribution in [0.15, 0.2) is 40.9 Å². The topological polar surface area (TPSA) is 61.9 Å². The number of hydrogen-bond donors (Lipinski definition) is 1. The van der Waals surface area contributed by atoms with Crippen LogP contribution in [-0.4, -0.2) is 4.98 Å². The highest BCUT2D eigenvalue weighted by molar-refractivity contribution is 6.36. The van der Waals surface area contributed by atoms with E-state index in [0.29, 0.717) is 44.5 Å². The van der Waals surface area contributed by atoms with Gasteiger partial charge in [-0.3, -0.25) is 0 Å². The van der Waals surface area contributed by atoms with Crippen LogP contribution >= 0.6 is 34.8 Å². The van der Waals surface area contributed by atoms with Crippen molar-refractivity contribution in [3.05, 3.63) is 74.0 Å². The minimum Gasteiger partial charge on any atom is -0.428 e. The van der Waals surface area contributed by atoms with Gasteiger partial charge < -0.3 is 9.73 Å². The van der Waals surface area contributed by atoms with E-state index in [4.69, 9.17) is 44.5 Å². The van der Waals surface area contributed by atoms with E-state index in [9.17, 15) is 0 Å². The molecule has 0 aliphatic carbocycles. The Morgan fingerprint density at radius 2 is 1.75 bits per heavy atom. The first-order valence-electron chi connectivity index (χ1n) is 8.57. The van der Waals surface area contributed by atoms with Gasteiger partial charge in [-0.2, -0.15) is 5.26 Å². The van der Waals surface area contributed by atoms with Gasteiger partial charge in [0.05, 0.1) is 16.8 Å². The SMILES string of the molecule is CC(C)(C)c1cc(Cl)c(Cc2cnc(Nc3ccc(C#N)c(Cl)c3)o2)c(Cl)c1. The Balaban J connectivity index is 1.78. The third-order valence-corrected chi connectivity index (χ3v) is 5.24. The van der Waals surface area contributed by atoms with Gasteiger partial charge in [-0.1, -0.05) is 55.6 Å². The third kappa shape index (κ3) is 4.62. The molecule has 0 radical (unpaired) electrons. The number of nitrogens with zero attached hydrogens (tertiary/aromatic N) is 2. The van der Waals surface area contributed by atoms with Crippen molar-refractivity contribution >= 4 is 46.5 Å². The lowest BCUT2D eigenvalue weighted by Gasteiger charge is -2.21. The van der Waals surface area contributed by atoms with Crippen molar-refractivity contribution < 1.29 is 4.42 Å². The first-order chi connectivity index (χ1) is 13.2. The average molecular weight is 435 g/mol. The second kappa shape index (κ2) is 8.05. The summed E-state index contributed by atoms with van der Waals surface area (Å²) >= 11 is 19.0. The van der Waals surface area contributed by atoms with Gasteiger partial charge in [0, 0.05) is 22.2 Å². The lowest BCUT2D eigenvalue weighted by molar-refractivity contribution is 0.532. The summed E-state index contributed by atoms with van der Waals surface area (Å²) in [7, 11) is 0. The maximum atomic E-state index is 8.94. The van der Waals surface area contributed by atoms with Crippen LogP contribution in [0.25, 0.3) is 0 Å². The number of nitriles is 1. The van der Waals surface area contributed by atoms with E-state index >= 15 is 0 Å². The Hall–Kier alpha value is -2.19. The molecule has 1 aromatic heterocycles. The highest BCUT2D eigenvalue weighted by Gasteiger charge is 2.19. The molecule has 3 rings (SSSR count). The Bertz CT molecular complexity index is 1040. The fourth-order valence-corrected chi connectivity index (χ4v) is 3.48. The Morgan fingerprint density at radius 1 is 1.07 bits per heavy atom. The van der Waals surface area contributed by atoms with E-state index in [1.807, 2.05) is 18.2 Å². The molecule has 4 nitrogen and oxygen atoms in total. The monoisotopic (exact) mass is 433 g/mol. The Kier molecular flexibility index (Phi) is 5.90. The molecule has 0 atom stereocenters. The predicted octanol–water partition coefficient (Wildman–Crippen LogP) is 7.14. The number of anilines is 2. The molecule has 0 saturated heterocycles. The van der Waals surface area contributed by atoms with E-state index in [-0.39, 0.29) is 5.41 Å². The molecule has 28 heavy (non-hydrogen) atoms. The summed E-state index contributed by atoms with van der Waals surface area (Å²) in [5.74, 6) is 0.620. The van der Waals surface area contributed by atoms with Crippen LogP contribution in [-0.2, 0) is 11.8 Å². The molecule has 0 spiro atoms. The molecule has 2 aromatic carbocycles. The number of halogens is 3. The lowest BCUT2D eigenvalue weighted by atomic mass is 9.86. The van der Waals surface area contributed by atoms with E-state index in [1.165, 1.54) is 0 Å². The minimum absolute atomic E-state index is 0.0441. The van der Waals surface area contributed by atoms with Crippen LogP contribution in [0.5, 0.6) is 0 Å². The highest BCUT2D eigenvalue weighted by atomic mass is 35.5. The summed E-state index contributed by atoms with van der Waals surface area (Å²) in [5.41, 5.74) is 2.90. The van der Waals surface area contributed by atoms with Crippen molar-refractivity contribution in [3.63, 3.8) is 0 Å². The zero-order valence-corrected chi connectivity index (χ0v) is 17.9. The smallest absolute Gasteiger partial charge is 0.299 e. The van der Waals surface area contributed by atoms with Crippen LogP contribution in [0.2, 0.25) is 15.1 Å². The molecular weight excluding hydrogens is 417 g/mol. The van der Waals surface area contributed by atoms with Crippen molar-refractivity contribution in [1.82, 2.24) is 4.98 Å². The number of oxazole rings is 1. The van der Waals surface area contributed by atoms with Gasteiger partial charge in [0.15, 0.2) is 0 Å². The van der Waals surface area contributed by atoms with Crippen LogP contribution in [0.1, 0.15) is 43.2 Å². The van der Waals surface area contributed by atoms with Gasteiger partial charge in [0.25, 0.3) is 6.01 Å². The van der Waals surface area contributed by atoms with Gasteiger partial charge in [-0.05, 0) is 46.9 Å². The molecule has 0 bridgehead atoms. The van der Waals surface area contributed by atoms with Gasteiger partial charge >= 0.3 is 0 Å². The number of rotatable bonds is 4. The average Bonchev–Trinajstić information content (AvgIpc) is 3.04. The molecule has 0 aliphatic rings. The zero-order valence-electron chi connectivity index (χ0n) is 15.6. The maximum Gasteiger partial charge on any atom is 0.299 e. The fourth-order valence-electron chi connectivity index (χ4n) is 2.63. The molecule has 0 unspecified atom stereocenters. The number of benzene rings is 2. The van der Waals surface area contributed by atoms with Crippen molar-refractivity contribution in [2.75, 3.05) is 5.32 Å². The normalized spacial score (nSPS) is 11.3. The van der Waals surface area contributed by atoms with Crippen LogP contribution in [0.3, 0.4) is 0 Å². The summed E-state index contributed by atoms with van der Waals surface area (Å²) in [6.07, 6.45) is 2.04. The standard InChI is InChI=1S/C21H18Cl3N3O/c1-21(2,3)13-6-18(23)16(19(24)7-13)9-15-11-26-20(28-15)27-14-5-4-12(10-25)17(22)8-14/h4-8,11H,9H2,1-3H3,(H,26,27). The third-order valence-electron chi connectivity index (χ3n) is 4.25. The lowest BCUT2D eigenvalue weighted by Crippen LogP contribution is -2.11. The minimum atomic E-state index is -0.0441. The molecule has 0 saturated carbocycles. The summed E-state index contributed by atoms with van der Waals surface area (Å²) in [6.45, 7) is 6.33. The van der Waals surface area contributed by atoms with Crippen molar-refractivity contribution in [3.8, 4) is 6.07 Å². The number of aromatic nitrogens is 1.